The Hall–Kier alpha value is -1.03. The van der Waals surface area contributed by atoms with Crippen molar-refractivity contribution in [2.24, 2.45) is 0 Å². The molecule has 0 aromatic heterocycles. The molecule has 0 amide bonds. The first-order valence-electron chi connectivity index (χ1n) is 5.37. The Morgan fingerprint density at radius 2 is 1.83 bits per heavy atom. The standard InChI is InChI=1S/C13H11Cl2N2S/c14-9-6-10(15)8-12(7-9)17-13(18)16-11-4-2-1-3-5-11/h1-2,4-8H,3H2,(H2,16,17,18). The topological polar surface area (TPSA) is 24.1 Å². The van der Waals surface area contributed by atoms with Gasteiger partial charge >= 0.3 is 0 Å². The SMILES string of the molecule is S=C(NC1=CC[CH]C=C1)Nc1cc(Cl)cc(Cl)c1. The lowest BCUT2D eigenvalue weighted by molar-refractivity contribution is 1.11. The van der Waals surface area contributed by atoms with Crippen LogP contribution in [0.2, 0.25) is 10.0 Å². The third kappa shape index (κ3) is 4.02. The minimum atomic E-state index is 0.506. The molecule has 1 aliphatic carbocycles. The minimum Gasteiger partial charge on any atom is -0.333 e. The Labute approximate surface area is 122 Å². The molecule has 0 bridgehead atoms. The van der Waals surface area contributed by atoms with E-state index >= 15 is 0 Å². The van der Waals surface area contributed by atoms with Crippen molar-refractivity contribution in [2.75, 3.05) is 5.32 Å². The molecule has 5 heteroatoms. The third-order valence-electron chi connectivity index (χ3n) is 2.26. The molecule has 0 fully saturated rings. The molecule has 1 radical (unpaired) electrons. The highest BCUT2D eigenvalue weighted by molar-refractivity contribution is 7.80. The maximum absolute atomic E-state index is 5.91. The molecular formula is C13H11Cl2N2S. The number of anilines is 1. The van der Waals surface area contributed by atoms with Crippen molar-refractivity contribution in [3.63, 3.8) is 0 Å². The molecule has 2 rings (SSSR count). The van der Waals surface area contributed by atoms with Gasteiger partial charge in [0.15, 0.2) is 5.11 Å². The van der Waals surface area contributed by atoms with Gasteiger partial charge in [0, 0.05) is 21.4 Å². The van der Waals surface area contributed by atoms with Crippen molar-refractivity contribution in [3.05, 3.63) is 58.6 Å². The maximum Gasteiger partial charge on any atom is 0.175 e. The van der Waals surface area contributed by atoms with E-state index in [4.69, 9.17) is 35.4 Å². The highest BCUT2D eigenvalue weighted by Gasteiger charge is 2.03. The molecule has 1 aliphatic rings. The molecule has 2 nitrogen and oxygen atoms in total. The first kappa shape index (κ1) is 13.4. The predicted octanol–water partition coefficient (Wildman–Crippen LogP) is 4.33. The summed E-state index contributed by atoms with van der Waals surface area (Å²) in [6.45, 7) is 0. The van der Waals surface area contributed by atoms with E-state index in [-0.39, 0.29) is 0 Å². The van der Waals surface area contributed by atoms with E-state index in [1.807, 2.05) is 12.2 Å². The minimum absolute atomic E-state index is 0.506. The highest BCUT2D eigenvalue weighted by atomic mass is 35.5. The van der Waals surface area contributed by atoms with Crippen molar-refractivity contribution in [2.45, 2.75) is 6.42 Å². The molecule has 18 heavy (non-hydrogen) atoms. The number of halogens is 2. The number of nitrogens with one attached hydrogen (secondary N) is 2. The van der Waals surface area contributed by atoms with Crippen molar-refractivity contribution in [1.29, 1.82) is 0 Å². The second-order valence-electron chi connectivity index (χ2n) is 3.73. The number of hydrogen-bond donors (Lipinski definition) is 2. The van der Waals surface area contributed by atoms with Gasteiger partial charge in [0.25, 0.3) is 0 Å². The number of thiocarbonyl (C=S) groups is 1. The van der Waals surface area contributed by atoms with E-state index in [1.54, 1.807) is 18.2 Å². The Kier molecular flexibility index (Phi) is 4.64. The normalized spacial score (nSPS) is 14.0. The van der Waals surface area contributed by atoms with Crippen molar-refractivity contribution in [1.82, 2.24) is 5.32 Å². The Bertz CT molecular complexity index is 503. The molecule has 0 saturated heterocycles. The Balaban J connectivity index is 1.98. The van der Waals surface area contributed by atoms with E-state index in [0.717, 1.165) is 17.8 Å². The first-order valence-corrected chi connectivity index (χ1v) is 6.54. The number of hydrogen-bond acceptors (Lipinski definition) is 1. The predicted molar refractivity (Wildman–Crippen MR) is 82.0 cm³/mol. The summed E-state index contributed by atoms with van der Waals surface area (Å²) >= 11 is 17.0. The molecule has 1 aromatic rings. The summed E-state index contributed by atoms with van der Waals surface area (Å²) < 4.78 is 0. The van der Waals surface area contributed by atoms with Crippen LogP contribution < -0.4 is 10.6 Å². The summed E-state index contributed by atoms with van der Waals surface area (Å²) in [5.74, 6) is 0. The van der Waals surface area contributed by atoms with Crippen molar-refractivity contribution < 1.29 is 0 Å². The summed E-state index contributed by atoms with van der Waals surface area (Å²) in [7, 11) is 0. The molecule has 93 valence electrons. The fourth-order valence-corrected chi connectivity index (χ4v) is 2.29. The van der Waals surface area contributed by atoms with Crippen LogP contribution in [0.1, 0.15) is 6.42 Å². The van der Waals surface area contributed by atoms with Gasteiger partial charge in [-0.25, -0.2) is 0 Å². The van der Waals surface area contributed by atoms with Gasteiger partial charge in [-0.05, 0) is 49.3 Å². The molecule has 0 aliphatic heterocycles. The fourth-order valence-electron chi connectivity index (χ4n) is 1.53. The summed E-state index contributed by atoms with van der Waals surface area (Å²) in [5.41, 5.74) is 1.74. The molecule has 0 saturated carbocycles. The Morgan fingerprint density at radius 1 is 1.11 bits per heavy atom. The van der Waals surface area contributed by atoms with Crippen LogP contribution in [-0.4, -0.2) is 5.11 Å². The molecule has 1 aromatic carbocycles. The monoisotopic (exact) mass is 297 g/mol. The van der Waals surface area contributed by atoms with Crippen LogP contribution >= 0.6 is 35.4 Å². The summed E-state index contributed by atoms with van der Waals surface area (Å²) in [4.78, 5) is 0. The zero-order chi connectivity index (χ0) is 13.0. The average Bonchev–Trinajstić information content (AvgIpc) is 2.28. The van der Waals surface area contributed by atoms with Gasteiger partial charge in [0.05, 0.1) is 0 Å². The zero-order valence-electron chi connectivity index (χ0n) is 9.41. The molecule has 2 N–H and O–H groups in total. The van der Waals surface area contributed by atoms with Crippen LogP contribution in [0, 0.1) is 6.42 Å². The highest BCUT2D eigenvalue weighted by Crippen LogP contribution is 2.22. The van der Waals surface area contributed by atoms with Gasteiger partial charge in [0.1, 0.15) is 0 Å². The second kappa shape index (κ2) is 6.23. The van der Waals surface area contributed by atoms with Gasteiger partial charge < -0.3 is 10.6 Å². The van der Waals surface area contributed by atoms with Crippen LogP contribution in [-0.2, 0) is 0 Å². The van der Waals surface area contributed by atoms with Gasteiger partial charge in [-0.2, -0.15) is 0 Å². The van der Waals surface area contributed by atoms with E-state index in [0.29, 0.717) is 15.2 Å². The molecule has 0 unspecified atom stereocenters. The maximum atomic E-state index is 5.91. The van der Waals surface area contributed by atoms with Crippen LogP contribution in [0.5, 0.6) is 0 Å². The van der Waals surface area contributed by atoms with Crippen LogP contribution in [0.4, 0.5) is 5.69 Å². The lowest BCUT2D eigenvalue weighted by Crippen LogP contribution is -2.27. The Morgan fingerprint density at radius 3 is 2.44 bits per heavy atom. The molecule has 0 atom stereocenters. The molecule has 0 heterocycles. The lowest BCUT2D eigenvalue weighted by Gasteiger charge is -2.13. The summed E-state index contributed by atoms with van der Waals surface area (Å²) in [6.07, 6.45) is 8.98. The van der Waals surface area contributed by atoms with Crippen molar-refractivity contribution in [3.8, 4) is 0 Å². The van der Waals surface area contributed by atoms with E-state index in [1.165, 1.54) is 0 Å². The smallest absolute Gasteiger partial charge is 0.175 e. The first-order chi connectivity index (χ1) is 8.63. The second-order valence-corrected chi connectivity index (χ2v) is 5.01. The summed E-state index contributed by atoms with van der Waals surface area (Å²) in [6, 6.07) is 5.20. The van der Waals surface area contributed by atoms with Crippen LogP contribution in [0.3, 0.4) is 0 Å². The van der Waals surface area contributed by atoms with Gasteiger partial charge in [-0.3, -0.25) is 0 Å². The zero-order valence-corrected chi connectivity index (χ0v) is 11.7. The largest absolute Gasteiger partial charge is 0.333 e. The van der Waals surface area contributed by atoms with E-state index in [2.05, 4.69) is 23.1 Å². The fraction of sp³-hybridized carbons (Fsp3) is 0.0769. The average molecular weight is 298 g/mol. The quantitative estimate of drug-likeness (QED) is 0.795. The van der Waals surface area contributed by atoms with E-state index in [9.17, 15) is 0 Å². The van der Waals surface area contributed by atoms with Crippen molar-refractivity contribution >= 4 is 46.2 Å². The van der Waals surface area contributed by atoms with Gasteiger partial charge in [-0.15, -0.1) is 0 Å². The van der Waals surface area contributed by atoms with Crippen LogP contribution in [0.15, 0.2) is 42.1 Å². The number of rotatable bonds is 2. The number of benzene rings is 1. The van der Waals surface area contributed by atoms with Crippen LogP contribution in [0.25, 0.3) is 0 Å². The number of allylic oxidation sites excluding steroid dienone is 3. The summed E-state index contributed by atoms with van der Waals surface area (Å²) in [5, 5.41) is 7.78. The lowest BCUT2D eigenvalue weighted by atomic mass is 10.1. The molecule has 0 spiro atoms. The molecular weight excluding hydrogens is 287 g/mol. The van der Waals surface area contributed by atoms with E-state index < -0.39 is 0 Å². The third-order valence-corrected chi connectivity index (χ3v) is 2.90. The van der Waals surface area contributed by atoms with Gasteiger partial charge in [-0.1, -0.05) is 35.4 Å². The van der Waals surface area contributed by atoms with Gasteiger partial charge in [0.2, 0.25) is 0 Å².